The van der Waals surface area contributed by atoms with Gasteiger partial charge in [-0.3, -0.25) is 14.4 Å². The highest BCUT2D eigenvalue weighted by Crippen LogP contribution is 2.42. The molecule has 0 aliphatic carbocycles. The van der Waals surface area contributed by atoms with Gasteiger partial charge in [-0.2, -0.15) is 0 Å². The van der Waals surface area contributed by atoms with Crippen LogP contribution in [-0.2, 0) is 30.9 Å². The predicted octanol–water partition coefficient (Wildman–Crippen LogP) is 2.50. The summed E-state index contributed by atoms with van der Waals surface area (Å²) in [7, 11) is -2.13. The first kappa shape index (κ1) is 32.2. The van der Waals surface area contributed by atoms with Gasteiger partial charge in [0.1, 0.15) is 23.1 Å². The number of likely N-dealkylation sites (N-methyl/N-ethyl adjacent to an activating group) is 1. The number of amides is 3. The number of benzene rings is 3. The molecule has 0 aromatic heterocycles. The van der Waals surface area contributed by atoms with Gasteiger partial charge in [-0.15, -0.1) is 0 Å². The number of hydrogen-bond acceptors (Lipinski definition) is 9. The Kier molecular flexibility index (Phi) is 9.33. The lowest BCUT2D eigenvalue weighted by Gasteiger charge is -2.41. The summed E-state index contributed by atoms with van der Waals surface area (Å²) in [6.07, 6.45) is 1.72. The van der Waals surface area contributed by atoms with Crippen LogP contribution in [0.3, 0.4) is 0 Å². The largest absolute Gasteiger partial charge is 0.492 e. The maximum Gasteiger partial charge on any atom is 0.268 e. The number of fused-ring (bicyclic) bond motifs is 2. The van der Waals surface area contributed by atoms with E-state index in [4.69, 9.17) is 14.2 Å². The number of anilines is 1. The first-order chi connectivity index (χ1) is 21.5. The summed E-state index contributed by atoms with van der Waals surface area (Å²) in [6, 6.07) is 14.4. The lowest BCUT2D eigenvalue weighted by atomic mass is 9.84. The van der Waals surface area contributed by atoms with Crippen molar-refractivity contribution >= 4 is 44.2 Å². The molecule has 1 fully saturated rings. The Morgan fingerprint density at radius 2 is 1.80 bits per heavy atom. The van der Waals surface area contributed by atoms with Crippen molar-refractivity contribution in [2.45, 2.75) is 50.9 Å². The van der Waals surface area contributed by atoms with Crippen LogP contribution in [0.1, 0.15) is 42.6 Å². The van der Waals surface area contributed by atoms with Crippen molar-refractivity contribution in [3.63, 3.8) is 0 Å². The molecule has 240 valence electrons. The van der Waals surface area contributed by atoms with Gasteiger partial charge in [0, 0.05) is 18.2 Å². The molecule has 3 aromatic carbocycles. The number of para-hydroxylation sites is 2. The second kappa shape index (κ2) is 13.0. The van der Waals surface area contributed by atoms with E-state index in [2.05, 4.69) is 10.6 Å². The third kappa shape index (κ3) is 6.60. The minimum atomic E-state index is -3.81. The molecule has 0 saturated carbocycles. The molecule has 3 aromatic rings. The van der Waals surface area contributed by atoms with Crippen LogP contribution in [-0.4, -0.2) is 76.9 Å². The van der Waals surface area contributed by atoms with Gasteiger partial charge >= 0.3 is 0 Å². The second-order valence-electron chi connectivity index (χ2n) is 11.2. The van der Waals surface area contributed by atoms with Gasteiger partial charge in [-0.25, -0.2) is 13.1 Å². The topological polar surface area (TPSA) is 152 Å². The summed E-state index contributed by atoms with van der Waals surface area (Å²) < 4.78 is 43.8. The van der Waals surface area contributed by atoms with Crippen LogP contribution >= 0.6 is 0 Å². The third-order valence-corrected chi connectivity index (χ3v) is 8.76. The number of ether oxygens (including phenoxy) is 3. The number of carbonyl (C=O) groups excluding carboxylic acids is 3. The van der Waals surface area contributed by atoms with Gasteiger partial charge in [0.2, 0.25) is 15.9 Å². The molecular weight excluding hydrogens is 600 g/mol. The van der Waals surface area contributed by atoms with Gasteiger partial charge < -0.3 is 29.7 Å². The van der Waals surface area contributed by atoms with E-state index in [0.717, 1.165) is 11.8 Å². The van der Waals surface area contributed by atoms with Gasteiger partial charge in [-0.1, -0.05) is 36.4 Å². The number of carbonyl (C=O) groups is 3. The first-order valence-corrected chi connectivity index (χ1v) is 16.7. The normalized spacial score (nSPS) is 18.4. The average molecular weight is 639 g/mol. The van der Waals surface area contributed by atoms with Crippen molar-refractivity contribution in [2.75, 3.05) is 38.0 Å². The van der Waals surface area contributed by atoms with Crippen LogP contribution in [0.25, 0.3) is 10.8 Å². The summed E-state index contributed by atoms with van der Waals surface area (Å²) in [6.45, 7) is 4.58. The number of hydrogen-bond donors (Lipinski definition) is 3. The van der Waals surface area contributed by atoms with Crippen molar-refractivity contribution < 1.29 is 37.0 Å². The molecule has 2 heterocycles. The second-order valence-corrected chi connectivity index (χ2v) is 13.0. The van der Waals surface area contributed by atoms with E-state index in [1.54, 1.807) is 44.0 Å². The van der Waals surface area contributed by atoms with E-state index in [0.29, 0.717) is 48.3 Å². The van der Waals surface area contributed by atoms with Crippen molar-refractivity contribution in [3.8, 4) is 11.5 Å². The molecule has 1 spiro atoms. The molecule has 3 N–H and O–H groups in total. The number of sulfonamides is 1. The van der Waals surface area contributed by atoms with Crippen LogP contribution in [0, 0.1) is 0 Å². The maximum absolute atomic E-state index is 14.6. The molecule has 1 saturated heterocycles. The minimum absolute atomic E-state index is 0.0689. The van der Waals surface area contributed by atoms with Gasteiger partial charge in [0.15, 0.2) is 0 Å². The van der Waals surface area contributed by atoms with Gasteiger partial charge in [-0.05, 0) is 50.0 Å². The molecule has 13 heteroatoms. The Labute approximate surface area is 262 Å². The average Bonchev–Trinajstić information content (AvgIpc) is 3.09. The van der Waals surface area contributed by atoms with Crippen LogP contribution in [0.2, 0.25) is 0 Å². The zero-order valence-corrected chi connectivity index (χ0v) is 26.5. The molecule has 45 heavy (non-hydrogen) atoms. The molecule has 2 aliphatic heterocycles. The molecule has 2 atom stereocenters. The lowest BCUT2D eigenvalue weighted by Crippen LogP contribution is -2.65. The maximum atomic E-state index is 14.6. The Bertz CT molecular complexity index is 1720. The van der Waals surface area contributed by atoms with Crippen molar-refractivity contribution in [1.82, 2.24) is 15.4 Å². The highest BCUT2D eigenvalue weighted by molar-refractivity contribution is 7.89. The highest BCUT2D eigenvalue weighted by Gasteiger charge is 2.51. The van der Waals surface area contributed by atoms with Crippen molar-refractivity contribution in [1.29, 1.82) is 0 Å². The van der Waals surface area contributed by atoms with E-state index >= 15 is 0 Å². The van der Waals surface area contributed by atoms with E-state index in [-0.39, 0.29) is 36.3 Å². The van der Waals surface area contributed by atoms with Crippen LogP contribution < -0.4 is 29.7 Å². The molecule has 3 amide bonds. The summed E-state index contributed by atoms with van der Waals surface area (Å²) >= 11 is 0. The third-order valence-electron chi connectivity index (χ3n) is 8.20. The highest BCUT2D eigenvalue weighted by atomic mass is 32.2. The van der Waals surface area contributed by atoms with E-state index in [9.17, 15) is 22.8 Å². The Balaban J connectivity index is 1.61. The number of nitrogens with zero attached hydrogens (tertiary/aromatic N) is 1. The summed E-state index contributed by atoms with van der Waals surface area (Å²) in [4.78, 5) is 42.3. The quantitative estimate of drug-likeness (QED) is 0.321. The molecule has 0 unspecified atom stereocenters. The predicted molar refractivity (Wildman–Crippen MR) is 169 cm³/mol. The zero-order chi connectivity index (χ0) is 32.4. The van der Waals surface area contributed by atoms with Crippen molar-refractivity contribution in [3.05, 3.63) is 65.7 Å². The Morgan fingerprint density at radius 1 is 1.07 bits per heavy atom. The Hall–Kier alpha value is -4.20. The zero-order valence-electron chi connectivity index (χ0n) is 25.7. The standard InChI is InChI=1S/C32H38N4O8S/c1-5-43-27-23-10-8-9-21(22(23)13-14-24(27)30(38)35-45(4,40)41)19-36-25-11-6-7-12-26(25)44-32(15-17-42-18-16-32)28(31(36)39)34-29(37)20(2)33-3/h6-14,20,28,33H,5,15-19H2,1-4H3,(H,34,37)(H,35,38)/t20-,28+/m0/s1. The number of nitrogens with one attached hydrogen (secondary N) is 3. The number of rotatable bonds is 9. The molecule has 5 rings (SSSR count). The van der Waals surface area contributed by atoms with Gasteiger partial charge in [0.25, 0.3) is 11.8 Å². The van der Waals surface area contributed by atoms with Crippen LogP contribution in [0.5, 0.6) is 11.5 Å². The van der Waals surface area contributed by atoms with Crippen LogP contribution in [0.15, 0.2) is 54.6 Å². The summed E-state index contributed by atoms with van der Waals surface area (Å²) in [5.41, 5.74) is 0.340. The first-order valence-electron chi connectivity index (χ1n) is 14.8. The van der Waals surface area contributed by atoms with Crippen LogP contribution in [0.4, 0.5) is 5.69 Å². The molecule has 0 bridgehead atoms. The smallest absolute Gasteiger partial charge is 0.268 e. The monoisotopic (exact) mass is 638 g/mol. The molecule has 12 nitrogen and oxygen atoms in total. The van der Waals surface area contributed by atoms with Crippen molar-refractivity contribution in [2.24, 2.45) is 0 Å². The van der Waals surface area contributed by atoms with E-state index < -0.39 is 33.6 Å². The molecular formula is C32H38N4O8S. The van der Waals surface area contributed by atoms with Gasteiger partial charge in [0.05, 0.1) is 49.9 Å². The molecule has 2 aliphatic rings. The fraction of sp³-hybridized carbons (Fsp3) is 0.406. The van der Waals surface area contributed by atoms with E-state index in [1.165, 1.54) is 6.07 Å². The SMILES string of the molecule is CCOc1c(C(=O)NS(C)(=O)=O)ccc2c(CN3C(=O)[C@@H](NC(=O)[C@H](C)NC)C4(CCOCC4)Oc4ccccc43)cccc12. The Morgan fingerprint density at radius 3 is 2.49 bits per heavy atom. The fourth-order valence-electron chi connectivity index (χ4n) is 5.81. The summed E-state index contributed by atoms with van der Waals surface area (Å²) in [5, 5.41) is 7.20. The lowest BCUT2D eigenvalue weighted by molar-refractivity contribution is -0.138. The fourth-order valence-corrected chi connectivity index (χ4v) is 6.26. The molecule has 0 radical (unpaired) electrons. The van der Waals surface area contributed by atoms with E-state index in [1.807, 2.05) is 35.1 Å². The summed E-state index contributed by atoms with van der Waals surface area (Å²) in [5.74, 6) is -0.720. The minimum Gasteiger partial charge on any atom is -0.492 e.